The third-order valence-electron chi connectivity index (χ3n) is 2.21. The van der Waals surface area contributed by atoms with Gasteiger partial charge in [-0.2, -0.15) is 0 Å². The van der Waals surface area contributed by atoms with Crippen LogP contribution in [-0.4, -0.2) is 15.4 Å². The second-order valence-corrected chi connectivity index (χ2v) is 3.58. The molecule has 0 aliphatic heterocycles. The molecule has 0 spiro atoms. The van der Waals surface area contributed by atoms with Crippen LogP contribution in [0, 0.1) is 5.41 Å². The largest absolute Gasteiger partial charge is 0.388 e. The lowest BCUT2D eigenvalue weighted by Crippen LogP contribution is -2.17. The number of amidine groups is 1. The van der Waals surface area contributed by atoms with Crippen LogP contribution < -0.4 is 5.73 Å². The van der Waals surface area contributed by atoms with Crippen molar-refractivity contribution >= 4 is 5.84 Å². The molecule has 78 valence electrons. The first-order valence-corrected chi connectivity index (χ1v) is 4.99. The number of nitrogens with zero attached hydrogens (tertiary/aromatic N) is 2. The normalized spacial score (nSPS) is 12.7. The topological polar surface area (TPSA) is 67.7 Å². The van der Waals surface area contributed by atoms with Gasteiger partial charge in [0, 0.05) is 31.3 Å². The minimum Gasteiger partial charge on any atom is -0.388 e. The van der Waals surface area contributed by atoms with E-state index < -0.39 is 0 Å². The van der Waals surface area contributed by atoms with Gasteiger partial charge in [-0.25, -0.2) is 4.98 Å². The zero-order chi connectivity index (χ0) is 10.6. The molecule has 1 aromatic heterocycles. The van der Waals surface area contributed by atoms with Gasteiger partial charge in [-0.05, 0) is 13.3 Å². The van der Waals surface area contributed by atoms with Gasteiger partial charge in [-0.15, -0.1) is 0 Å². The molecule has 1 heterocycles. The van der Waals surface area contributed by atoms with Gasteiger partial charge in [-0.3, -0.25) is 5.41 Å². The number of nitrogens with two attached hydrogens (primary N) is 1. The third-order valence-corrected chi connectivity index (χ3v) is 2.21. The molecule has 0 saturated carbocycles. The predicted octanol–water partition coefficient (Wildman–Crippen LogP) is 1.72. The van der Waals surface area contributed by atoms with Crippen molar-refractivity contribution in [2.75, 3.05) is 0 Å². The third kappa shape index (κ3) is 2.58. The molecule has 4 nitrogen and oxygen atoms in total. The van der Waals surface area contributed by atoms with Crippen molar-refractivity contribution in [1.29, 1.82) is 5.41 Å². The maximum absolute atomic E-state index is 7.24. The molecule has 0 aliphatic carbocycles. The fraction of sp³-hybridized carbons (Fsp3) is 0.600. The van der Waals surface area contributed by atoms with E-state index in [-0.39, 0.29) is 11.9 Å². The van der Waals surface area contributed by atoms with Crippen LogP contribution in [0.5, 0.6) is 0 Å². The van der Waals surface area contributed by atoms with E-state index in [2.05, 4.69) is 23.4 Å². The average molecular weight is 194 g/mol. The van der Waals surface area contributed by atoms with Crippen molar-refractivity contribution in [1.82, 2.24) is 9.55 Å². The summed E-state index contributed by atoms with van der Waals surface area (Å²) in [5, 5.41) is 7.24. The molecule has 0 fully saturated rings. The highest BCUT2D eigenvalue weighted by Crippen LogP contribution is 2.13. The van der Waals surface area contributed by atoms with Gasteiger partial charge in [0.15, 0.2) is 0 Å². The number of hydrogen-bond donors (Lipinski definition) is 2. The summed E-state index contributed by atoms with van der Waals surface area (Å²) in [5.74, 6) is 1.31. The maximum atomic E-state index is 7.24. The summed E-state index contributed by atoms with van der Waals surface area (Å²) in [7, 11) is 0. The first-order valence-electron chi connectivity index (χ1n) is 4.99. The smallest absolute Gasteiger partial charge is 0.108 e. The quantitative estimate of drug-likeness (QED) is 0.553. The van der Waals surface area contributed by atoms with Gasteiger partial charge >= 0.3 is 0 Å². The molecular weight excluding hydrogens is 176 g/mol. The van der Waals surface area contributed by atoms with Gasteiger partial charge in [0.25, 0.3) is 0 Å². The van der Waals surface area contributed by atoms with Crippen molar-refractivity contribution in [2.45, 2.75) is 39.2 Å². The maximum Gasteiger partial charge on any atom is 0.108 e. The molecule has 1 unspecified atom stereocenters. The van der Waals surface area contributed by atoms with E-state index >= 15 is 0 Å². The number of aryl methyl sites for hydroxylation is 1. The van der Waals surface area contributed by atoms with E-state index in [0.717, 1.165) is 18.7 Å². The van der Waals surface area contributed by atoms with Crippen LogP contribution >= 0.6 is 0 Å². The van der Waals surface area contributed by atoms with Gasteiger partial charge in [0.1, 0.15) is 5.82 Å². The van der Waals surface area contributed by atoms with Crippen LogP contribution in [0.3, 0.4) is 0 Å². The molecule has 1 atom stereocenters. The number of aromatic nitrogens is 2. The van der Waals surface area contributed by atoms with E-state index in [4.69, 9.17) is 11.1 Å². The molecule has 0 saturated heterocycles. The molecule has 1 rings (SSSR count). The molecule has 4 heteroatoms. The summed E-state index contributed by atoms with van der Waals surface area (Å²) in [5.41, 5.74) is 5.37. The average Bonchev–Trinajstić information content (AvgIpc) is 2.51. The molecule has 1 aromatic rings. The van der Waals surface area contributed by atoms with Crippen LogP contribution in [0.15, 0.2) is 12.4 Å². The van der Waals surface area contributed by atoms with E-state index in [1.54, 1.807) is 0 Å². The predicted molar refractivity (Wildman–Crippen MR) is 57.5 cm³/mol. The van der Waals surface area contributed by atoms with E-state index in [1.807, 2.05) is 12.4 Å². The Morgan fingerprint density at radius 2 is 2.43 bits per heavy atom. The number of hydrogen-bond acceptors (Lipinski definition) is 2. The molecule has 0 bridgehead atoms. The zero-order valence-corrected chi connectivity index (χ0v) is 8.83. The van der Waals surface area contributed by atoms with Crippen molar-refractivity contribution in [3.05, 3.63) is 18.2 Å². The summed E-state index contributed by atoms with van der Waals surface area (Å²) in [6.45, 7) is 4.19. The van der Waals surface area contributed by atoms with Crippen LogP contribution in [0.25, 0.3) is 0 Å². The zero-order valence-electron chi connectivity index (χ0n) is 8.83. The van der Waals surface area contributed by atoms with Crippen molar-refractivity contribution < 1.29 is 0 Å². The minimum atomic E-state index is 0.230. The van der Waals surface area contributed by atoms with E-state index in [1.165, 1.54) is 0 Å². The Kier molecular flexibility index (Phi) is 3.68. The SMILES string of the molecule is CCCc1nccn1C(C)CC(=N)N. The molecule has 0 radical (unpaired) electrons. The molecule has 14 heavy (non-hydrogen) atoms. The molecule has 0 aromatic carbocycles. The molecular formula is C10H18N4. The van der Waals surface area contributed by atoms with Gasteiger partial charge in [0.05, 0.1) is 5.84 Å². The Morgan fingerprint density at radius 3 is 3.00 bits per heavy atom. The van der Waals surface area contributed by atoms with Crippen LogP contribution in [-0.2, 0) is 6.42 Å². The summed E-state index contributed by atoms with van der Waals surface area (Å²) >= 11 is 0. The van der Waals surface area contributed by atoms with Crippen LogP contribution in [0.2, 0.25) is 0 Å². The molecule has 0 amide bonds. The lowest BCUT2D eigenvalue weighted by Gasteiger charge is -2.15. The Hall–Kier alpha value is -1.32. The second kappa shape index (κ2) is 4.79. The van der Waals surface area contributed by atoms with Crippen LogP contribution in [0.4, 0.5) is 0 Å². The number of nitrogens with one attached hydrogen (secondary N) is 1. The molecule has 3 N–H and O–H groups in total. The lowest BCUT2D eigenvalue weighted by molar-refractivity contribution is 0.535. The fourth-order valence-electron chi connectivity index (χ4n) is 1.58. The Morgan fingerprint density at radius 1 is 1.71 bits per heavy atom. The van der Waals surface area contributed by atoms with Crippen molar-refractivity contribution in [3.8, 4) is 0 Å². The summed E-state index contributed by atoms with van der Waals surface area (Å²) < 4.78 is 2.10. The summed E-state index contributed by atoms with van der Waals surface area (Å²) in [6.07, 6.45) is 6.42. The highest BCUT2D eigenvalue weighted by atomic mass is 15.1. The highest BCUT2D eigenvalue weighted by molar-refractivity contribution is 5.77. The Balaban J connectivity index is 2.72. The summed E-state index contributed by atoms with van der Waals surface area (Å²) in [6, 6.07) is 0.233. The Labute approximate surface area is 84.7 Å². The van der Waals surface area contributed by atoms with Crippen LogP contribution in [0.1, 0.15) is 38.6 Å². The Bertz CT molecular complexity index is 303. The van der Waals surface area contributed by atoms with E-state index in [0.29, 0.717) is 6.42 Å². The monoisotopic (exact) mass is 194 g/mol. The number of rotatable bonds is 5. The van der Waals surface area contributed by atoms with Crippen molar-refractivity contribution in [3.63, 3.8) is 0 Å². The van der Waals surface area contributed by atoms with Gasteiger partial charge in [-0.1, -0.05) is 6.92 Å². The minimum absolute atomic E-state index is 0.230. The molecule has 0 aliphatic rings. The first kappa shape index (κ1) is 10.8. The standard InChI is InChI=1S/C10H18N4/c1-3-4-10-13-5-6-14(10)8(2)7-9(11)12/h5-6,8H,3-4,7H2,1-2H3,(H3,11,12). The van der Waals surface area contributed by atoms with Crippen molar-refractivity contribution in [2.24, 2.45) is 5.73 Å². The van der Waals surface area contributed by atoms with Gasteiger partial charge < -0.3 is 10.3 Å². The van der Waals surface area contributed by atoms with Gasteiger partial charge in [0.2, 0.25) is 0 Å². The lowest BCUT2D eigenvalue weighted by atomic mass is 10.2. The second-order valence-electron chi connectivity index (χ2n) is 3.58. The fourth-order valence-corrected chi connectivity index (χ4v) is 1.58. The first-order chi connectivity index (χ1) is 6.65. The highest BCUT2D eigenvalue weighted by Gasteiger charge is 2.09. The summed E-state index contributed by atoms with van der Waals surface area (Å²) in [4.78, 5) is 4.29. The number of imidazole rings is 1. The van der Waals surface area contributed by atoms with E-state index in [9.17, 15) is 0 Å².